The van der Waals surface area contributed by atoms with Crippen molar-refractivity contribution in [3.8, 4) is 0 Å². The van der Waals surface area contributed by atoms with Gasteiger partial charge < -0.3 is 4.90 Å². The molecule has 2 heterocycles. The van der Waals surface area contributed by atoms with Crippen molar-refractivity contribution in [1.29, 1.82) is 0 Å². The highest BCUT2D eigenvalue weighted by Gasteiger charge is 2.22. The van der Waals surface area contributed by atoms with Crippen molar-refractivity contribution in [1.82, 2.24) is 9.47 Å². The first-order valence-corrected chi connectivity index (χ1v) is 15.1. The molecule has 4 rings (SSSR count). The Morgan fingerprint density at radius 2 is 1.66 bits per heavy atom. The lowest BCUT2D eigenvalue weighted by atomic mass is 9.86. The second-order valence-corrected chi connectivity index (χ2v) is 13.0. The molecule has 5 nitrogen and oxygen atoms in total. The molecule has 2 aromatic carbocycles. The first kappa shape index (κ1) is 28.1. The molecule has 0 spiro atoms. The van der Waals surface area contributed by atoms with E-state index in [1.54, 1.807) is 11.8 Å². The number of thiazole rings is 1. The highest BCUT2D eigenvalue weighted by atomic mass is 32.2. The molecule has 0 radical (unpaired) electrons. The average Bonchev–Trinajstić information content (AvgIpc) is 3.17. The van der Waals surface area contributed by atoms with Gasteiger partial charge in [0, 0.05) is 29.6 Å². The number of nitrogens with zero attached hydrogens (tertiary/aromatic N) is 2. The number of carbonyl (C=O) groups excluding carboxylic acids is 2. The van der Waals surface area contributed by atoms with E-state index >= 15 is 0 Å². The number of benzene rings is 2. The van der Waals surface area contributed by atoms with Crippen LogP contribution >= 0.6 is 23.1 Å². The van der Waals surface area contributed by atoms with Gasteiger partial charge in [0.1, 0.15) is 11.2 Å². The van der Waals surface area contributed by atoms with E-state index in [4.69, 9.17) is 0 Å². The minimum atomic E-state index is -0.246. The van der Waals surface area contributed by atoms with Crippen molar-refractivity contribution >= 4 is 46.9 Å². The summed E-state index contributed by atoms with van der Waals surface area (Å²) in [5, 5.41) is 0. The zero-order valence-electron chi connectivity index (χ0n) is 22.8. The van der Waals surface area contributed by atoms with Crippen LogP contribution in [0.3, 0.4) is 0 Å². The minimum Gasteiger partial charge on any atom is -0.341 e. The molecular weight excluding hydrogens is 512 g/mol. The molecule has 0 bridgehead atoms. The van der Waals surface area contributed by atoms with E-state index in [1.807, 2.05) is 65.8 Å². The molecule has 0 unspecified atom stereocenters. The molecular formula is C31H36N2O3S2. The zero-order chi connectivity index (χ0) is 27.4. The molecule has 1 saturated heterocycles. The van der Waals surface area contributed by atoms with Crippen molar-refractivity contribution in [3.05, 3.63) is 84.8 Å². The minimum absolute atomic E-state index is 0.00904. The summed E-state index contributed by atoms with van der Waals surface area (Å²) in [4.78, 5) is 42.9. The van der Waals surface area contributed by atoms with Crippen LogP contribution in [0.2, 0.25) is 0 Å². The maximum Gasteiger partial charge on any atom is 0.269 e. The Balaban J connectivity index is 1.72. The van der Waals surface area contributed by atoms with Crippen molar-refractivity contribution in [2.75, 3.05) is 19.3 Å². The Morgan fingerprint density at radius 1 is 1.03 bits per heavy atom. The lowest BCUT2D eigenvalue weighted by molar-refractivity contribution is -0.133. The Hall–Kier alpha value is -2.90. The van der Waals surface area contributed by atoms with Crippen LogP contribution in [0.4, 0.5) is 0 Å². The number of Topliss-reactive ketones (excluding diaryl/α,β-unsaturated/α-hetero) is 1. The van der Waals surface area contributed by atoms with Gasteiger partial charge in [-0.3, -0.25) is 19.0 Å². The van der Waals surface area contributed by atoms with E-state index < -0.39 is 0 Å². The molecule has 0 saturated carbocycles. The van der Waals surface area contributed by atoms with Gasteiger partial charge in [0.05, 0.1) is 4.53 Å². The summed E-state index contributed by atoms with van der Waals surface area (Å²) in [5.74, 6) is 0.340. The van der Waals surface area contributed by atoms with Crippen LogP contribution < -0.4 is 14.8 Å². The molecule has 0 N–H and O–H groups in total. The quantitative estimate of drug-likeness (QED) is 0.332. The van der Waals surface area contributed by atoms with E-state index in [1.165, 1.54) is 22.0 Å². The topological polar surface area (TPSA) is 59.4 Å². The molecule has 38 heavy (non-hydrogen) atoms. The number of likely N-dealkylation sites (tertiary alicyclic amines) is 1. The summed E-state index contributed by atoms with van der Waals surface area (Å²) in [7, 11) is 0. The highest BCUT2D eigenvalue weighted by Crippen LogP contribution is 2.22. The Bertz CT molecular complexity index is 1470. The van der Waals surface area contributed by atoms with E-state index in [2.05, 4.69) is 27.7 Å². The summed E-state index contributed by atoms with van der Waals surface area (Å²) in [5.41, 5.74) is 2.35. The molecule has 0 atom stereocenters. The van der Waals surface area contributed by atoms with Crippen molar-refractivity contribution < 1.29 is 9.59 Å². The number of thioether (sulfide) groups is 1. The van der Waals surface area contributed by atoms with Gasteiger partial charge in [-0.25, -0.2) is 0 Å². The number of rotatable bonds is 6. The van der Waals surface area contributed by atoms with Crippen LogP contribution in [0, 0.1) is 5.92 Å². The number of ketones is 1. The van der Waals surface area contributed by atoms with Crippen molar-refractivity contribution in [2.24, 2.45) is 5.92 Å². The summed E-state index contributed by atoms with van der Waals surface area (Å²) in [6, 6.07) is 15.6. The predicted octanol–water partition coefficient (Wildman–Crippen LogP) is 4.68. The van der Waals surface area contributed by atoms with Gasteiger partial charge >= 0.3 is 0 Å². The number of piperidine rings is 1. The van der Waals surface area contributed by atoms with Crippen LogP contribution in [0.25, 0.3) is 12.2 Å². The summed E-state index contributed by atoms with van der Waals surface area (Å²) < 4.78 is 2.46. The van der Waals surface area contributed by atoms with Crippen LogP contribution in [-0.2, 0) is 16.8 Å². The average molecular weight is 549 g/mol. The van der Waals surface area contributed by atoms with Gasteiger partial charge in [-0.1, -0.05) is 64.1 Å². The summed E-state index contributed by atoms with van der Waals surface area (Å²) in [6.07, 6.45) is 7.29. The molecule has 200 valence electrons. The maximum atomic E-state index is 13.5. The zero-order valence-corrected chi connectivity index (χ0v) is 24.5. The largest absolute Gasteiger partial charge is 0.341 e. The monoisotopic (exact) mass is 548 g/mol. The first-order chi connectivity index (χ1) is 18.0. The Morgan fingerprint density at radius 3 is 2.24 bits per heavy atom. The van der Waals surface area contributed by atoms with Crippen molar-refractivity contribution in [2.45, 2.75) is 57.4 Å². The molecule has 7 heteroatoms. The smallest absolute Gasteiger partial charge is 0.269 e. The van der Waals surface area contributed by atoms with Gasteiger partial charge in [0.15, 0.2) is 5.78 Å². The number of aromatic nitrogens is 1. The van der Waals surface area contributed by atoms with Gasteiger partial charge in [0.25, 0.3) is 5.56 Å². The molecule has 1 aromatic heterocycles. The fourth-order valence-corrected chi connectivity index (χ4v) is 5.92. The summed E-state index contributed by atoms with van der Waals surface area (Å²) >= 11 is 2.91. The third kappa shape index (κ3) is 6.75. The molecule has 1 aliphatic heterocycles. The SMILES string of the molecule is CSc1ccc(/C=c2/s/c(=C\C(=O)c3ccc(C(C)(C)C)cc3)n(CC(=O)N3CCC(C)CC3)c2=O)cc1. The molecule has 1 aliphatic rings. The maximum absolute atomic E-state index is 13.5. The number of hydrogen-bond acceptors (Lipinski definition) is 5. The third-order valence-corrected chi connectivity index (χ3v) is 8.87. The number of amides is 1. The lowest BCUT2D eigenvalue weighted by Gasteiger charge is -2.30. The Kier molecular flexibility index (Phi) is 8.78. The second kappa shape index (κ2) is 11.9. The van der Waals surface area contributed by atoms with Crippen LogP contribution in [0.1, 0.15) is 62.0 Å². The van der Waals surface area contributed by atoms with E-state index in [0.717, 1.165) is 28.9 Å². The van der Waals surface area contributed by atoms with Gasteiger partial charge in [-0.2, -0.15) is 0 Å². The first-order valence-electron chi connectivity index (χ1n) is 13.0. The molecule has 0 aliphatic carbocycles. The van der Waals surface area contributed by atoms with Crippen LogP contribution in [-0.4, -0.2) is 40.5 Å². The van der Waals surface area contributed by atoms with Crippen molar-refractivity contribution in [3.63, 3.8) is 0 Å². The third-order valence-electron chi connectivity index (χ3n) is 7.07. The molecule has 1 fully saturated rings. The van der Waals surface area contributed by atoms with Crippen LogP contribution in [0.5, 0.6) is 0 Å². The second-order valence-electron chi connectivity index (χ2n) is 11.0. The van der Waals surface area contributed by atoms with Gasteiger partial charge in [0.2, 0.25) is 5.91 Å². The highest BCUT2D eigenvalue weighted by molar-refractivity contribution is 7.98. The van der Waals surface area contributed by atoms with Gasteiger partial charge in [-0.05, 0) is 59.8 Å². The lowest BCUT2D eigenvalue weighted by Crippen LogP contribution is -2.43. The van der Waals surface area contributed by atoms with Gasteiger partial charge in [-0.15, -0.1) is 23.1 Å². The fourth-order valence-electron chi connectivity index (χ4n) is 4.47. The van der Waals surface area contributed by atoms with Crippen LogP contribution in [0.15, 0.2) is 58.2 Å². The summed E-state index contributed by atoms with van der Waals surface area (Å²) in [6.45, 7) is 9.94. The number of carbonyl (C=O) groups is 2. The van der Waals surface area contributed by atoms with E-state index in [-0.39, 0.29) is 29.2 Å². The Labute approximate surface area is 232 Å². The van der Waals surface area contributed by atoms with E-state index in [9.17, 15) is 14.4 Å². The standard InChI is InChI=1S/C31H36N2O3S2/c1-21-14-16-32(17-15-21)28(35)20-33-29(19-26(34)23-8-10-24(11-9-23)31(2,3)4)38-27(30(33)36)18-22-6-12-25(37-5)13-7-22/h6-13,18-19,21H,14-17,20H2,1-5H3/b27-18+,29-19-. The van der Waals surface area contributed by atoms with E-state index in [0.29, 0.717) is 33.8 Å². The predicted molar refractivity (Wildman–Crippen MR) is 159 cm³/mol. The fraction of sp³-hybridized carbons (Fsp3) is 0.387. The normalized spacial score (nSPS) is 15.8. The molecule has 1 amide bonds. The molecule has 3 aromatic rings. The number of hydrogen-bond donors (Lipinski definition) is 0.